The van der Waals surface area contributed by atoms with Gasteiger partial charge in [-0.05, 0) is 38.1 Å². The van der Waals surface area contributed by atoms with E-state index in [4.69, 9.17) is 5.53 Å². The fourth-order valence-electron chi connectivity index (χ4n) is 1.55. The van der Waals surface area contributed by atoms with Crippen LogP contribution in [-0.2, 0) is 4.79 Å². The van der Waals surface area contributed by atoms with E-state index in [1.165, 1.54) is 13.8 Å². The van der Waals surface area contributed by atoms with E-state index in [9.17, 15) is 9.59 Å². The molecule has 114 valence electrons. The molecule has 0 unspecified atom stereocenters. The number of hydrazine groups is 1. The Labute approximate surface area is 129 Å². The summed E-state index contributed by atoms with van der Waals surface area (Å²) in [5, 5.41) is 4.42. The van der Waals surface area contributed by atoms with Gasteiger partial charge in [0, 0.05) is 0 Å². The van der Waals surface area contributed by atoms with Crippen molar-refractivity contribution in [3.63, 3.8) is 0 Å². The summed E-state index contributed by atoms with van der Waals surface area (Å²) in [6.45, 7) is 3.06. The maximum Gasteiger partial charge on any atom is 0.378 e. The van der Waals surface area contributed by atoms with Gasteiger partial charge in [-0.3, -0.25) is 5.01 Å². The summed E-state index contributed by atoms with van der Waals surface area (Å²) in [5.74, 6) is 0.167. The highest BCUT2D eigenvalue weighted by Gasteiger charge is 2.11. The Kier molecular flexibility index (Phi) is 6.98. The van der Waals surface area contributed by atoms with Crippen LogP contribution in [0.4, 0.5) is 16.2 Å². The summed E-state index contributed by atoms with van der Waals surface area (Å²) >= 11 is 0. The molecule has 0 saturated heterocycles. The number of nitrogens with zero attached hydrogens (tertiary/aromatic N) is 2. The number of nitrogens with one attached hydrogen (secondary N) is 2. The maximum atomic E-state index is 11.3. The van der Waals surface area contributed by atoms with Gasteiger partial charge in [-0.25, -0.2) is 10.2 Å². The van der Waals surface area contributed by atoms with Gasteiger partial charge in [-0.2, -0.15) is 5.53 Å². The molecule has 0 fully saturated rings. The average molecular weight is 298 g/mol. The monoisotopic (exact) mass is 298 g/mol. The van der Waals surface area contributed by atoms with Crippen LogP contribution in [0.1, 0.15) is 13.8 Å². The number of amides is 2. The minimum atomic E-state index is -0.720. The lowest BCUT2D eigenvalue weighted by Crippen LogP contribution is -2.36. The highest BCUT2D eigenvalue weighted by Crippen LogP contribution is 2.22. The number of Topliss-reactive ketones (excluding diaryl/α,β-unsaturated/α-hetero) is 1. The lowest BCUT2D eigenvalue weighted by Gasteiger charge is -2.23. The topological polar surface area (TPSA) is 85.6 Å². The molecule has 2 rings (SSSR count). The molecule has 2 aromatic rings. The standard InChI is InChI=1S/C13H12N4O.C3H6O/c14-15-13(18)16-17(11-7-3-1-4-8-11)12-9-5-2-6-10-12;1-3(2)4/h1-10,14H,(H,16,18);1-2H3. The summed E-state index contributed by atoms with van der Waals surface area (Å²) in [6.07, 6.45) is 0. The second kappa shape index (κ2) is 9.02. The molecule has 2 N–H and O–H groups in total. The fourth-order valence-corrected chi connectivity index (χ4v) is 1.55. The van der Waals surface area contributed by atoms with E-state index in [0.717, 1.165) is 11.4 Å². The van der Waals surface area contributed by atoms with Crippen LogP contribution in [0.25, 0.3) is 0 Å². The SMILES string of the molecule is CC(C)=O.N=NC(=O)NN(c1ccccc1)c1ccccc1. The first-order valence-corrected chi connectivity index (χ1v) is 6.60. The summed E-state index contributed by atoms with van der Waals surface area (Å²) in [5.41, 5.74) is 10.8. The molecule has 0 saturated carbocycles. The van der Waals surface area contributed by atoms with Crippen molar-refractivity contribution >= 4 is 23.2 Å². The molecule has 2 amide bonds. The Hall–Kier alpha value is -3.02. The summed E-state index contributed by atoms with van der Waals surface area (Å²) in [7, 11) is 0. The number of urea groups is 1. The molecule has 0 aliphatic heterocycles. The van der Waals surface area contributed by atoms with Crippen LogP contribution in [0.3, 0.4) is 0 Å². The van der Waals surface area contributed by atoms with Crippen LogP contribution in [0.5, 0.6) is 0 Å². The van der Waals surface area contributed by atoms with E-state index < -0.39 is 6.03 Å². The number of carbonyl (C=O) groups is 2. The Morgan fingerprint density at radius 3 is 1.59 bits per heavy atom. The molecule has 0 bridgehead atoms. The van der Waals surface area contributed by atoms with Gasteiger partial charge in [0.1, 0.15) is 5.78 Å². The molecule has 0 aliphatic carbocycles. The lowest BCUT2D eigenvalue weighted by molar-refractivity contribution is -0.114. The number of carbonyl (C=O) groups excluding carboxylic acids is 2. The Balaban J connectivity index is 0.000000541. The van der Waals surface area contributed by atoms with Crippen LogP contribution >= 0.6 is 0 Å². The van der Waals surface area contributed by atoms with Gasteiger partial charge < -0.3 is 4.79 Å². The first kappa shape index (κ1) is 17.0. The Morgan fingerprint density at radius 2 is 1.27 bits per heavy atom. The van der Waals surface area contributed by atoms with E-state index in [2.05, 4.69) is 10.5 Å². The maximum absolute atomic E-state index is 11.3. The van der Waals surface area contributed by atoms with E-state index in [0.29, 0.717) is 0 Å². The number of ketones is 1. The molecular weight excluding hydrogens is 280 g/mol. The van der Waals surface area contributed by atoms with Gasteiger partial charge in [-0.15, -0.1) is 0 Å². The molecular formula is C16H18N4O2. The van der Waals surface area contributed by atoms with Gasteiger partial charge in [0.15, 0.2) is 0 Å². The molecule has 6 nitrogen and oxygen atoms in total. The van der Waals surface area contributed by atoms with Crippen molar-refractivity contribution in [2.75, 3.05) is 5.01 Å². The van der Waals surface area contributed by atoms with Crippen molar-refractivity contribution in [1.82, 2.24) is 5.43 Å². The van der Waals surface area contributed by atoms with Crippen LogP contribution in [-0.4, -0.2) is 11.8 Å². The Bertz CT molecular complexity index is 571. The minimum absolute atomic E-state index is 0.167. The average Bonchev–Trinajstić information content (AvgIpc) is 2.53. The van der Waals surface area contributed by atoms with Crippen LogP contribution in [0.15, 0.2) is 65.8 Å². The van der Waals surface area contributed by atoms with Crippen molar-refractivity contribution in [3.8, 4) is 0 Å². The summed E-state index contributed by atoms with van der Waals surface area (Å²) < 4.78 is 0. The van der Waals surface area contributed by atoms with Crippen molar-refractivity contribution in [2.45, 2.75) is 13.8 Å². The third-order valence-corrected chi connectivity index (χ3v) is 2.34. The molecule has 22 heavy (non-hydrogen) atoms. The minimum Gasteiger partial charge on any atom is -0.300 e. The second-order valence-corrected chi connectivity index (χ2v) is 4.44. The van der Waals surface area contributed by atoms with Crippen LogP contribution < -0.4 is 10.4 Å². The predicted molar refractivity (Wildman–Crippen MR) is 85.1 cm³/mol. The Morgan fingerprint density at radius 1 is 0.909 bits per heavy atom. The third kappa shape index (κ3) is 5.96. The quantitative estimate of drug-likeness (QED) is 0.661. The van der Waals surface area contributed by atoms with Gasteiger partial charge in [-0.1, -0.05) is 41.5 Å². The lowest BCUT2D eigenvalue weighted by atomic mass is 10.2. The van der Waals surface area contributed by atoms with Crippen LogP contribution in [0.2, 0.25) is 0 Å². The van der Waals surface area contributed by atoms with Crippen LogP contribution in [0, 0.1) is 5.53 Å². The number of hydrogen-bond donors (Lipinski definition) is 2. The number of anilines is 2. The fraction of sp³-hybridized carbons (Fsp3) is 0.125. The zero-order valence-electron chi connectivity index (χ0n) is 12.5. The highest BCUT2D eigenvalue weighted by atomic mass is 16.2. The normalized spacial score (nSPS) is 9.00. The zero-order chi connectivity index (χ0) is 16.4. The zero-order valence-corrected chi connectivity index (χ0v) is 12.5. The number of para-hydroxylation sites is 2. The second-order valence-electron chi connectivity index (χ2n) is 4.44. The van der Waals surface area contributed by atoms with E-state index in [1.807, 2.05) is 60.7 Å². The van der Waals surface area contributed by atoms with Gasteiger partial charge in [0.05, 0.1) is 11.4 Å². The predicted octanol–water partition coefficient (Wildman–Crippen LogP) is 4.08. The molecule has 0 spiro atoms. The number of hydrogen-bond acceptors (Lipinski definition) is 4. The molecule has 2 aromatic carbocycles. The van der Waals surface area contributed by atoms with Gasteiger partial charge in [0.25, 0.3) is 0 Å². The molecule has 0 aliphatic rings. The van der Waals surface area contributed by atoms with E-state index in [-0.39, 0.29) is 5.78 Å². The third-order valence-electron chi connectivity index (χ3n) is 2.34. The molecule has 0 heterocycles. The van der Waals surface area contributed by atoms with Crippen molar-refractivity contribution in [3.05, 3.63) is 60.7 Å². The first-order valence-electron chi connectivity index (χ1n) is 6.60. The largest absolute Gasteiger partial charge is 0.378 e. The van der Waals surface area contributed by atoms with Gasteiger partial charge in [0.2, 0.25) is 0 Å². The molecule has 0 atom stereocenters. The first-order chi connectivity index (χ1) is 10.5. The van der Waals surface area contributed by atoms with Gasteiger partial charge >= 0.3 is 6.03 Å². The van der Waals surface area contributed by atoms with E-state index in [1.54, 1.807) is 5.01 Å². The summed E-state index contributed by atoms with van der Waals surface area (Å²) in [4.78, 5) is 20.7. The van der Waals surface area contributed by atoms with E-state index >= 15 is 0 Å². The number of benzene rings is 2. The highest BCUT2D eigenvalue weighted by molar-refractivity contribution is 5.79. The van der Waals surface area contributed by atoms with Crippen molar-refractivity contribution in [1.29, 1.82) is 5.53 Å². The smallest absolute Gasteiger partial charge is 0.300 e. The summed E-state index contributed by atoms with van der Waals surface area (Å²) in [6, 6.07) is 18.0. The number of rotatable bonds is 3. The van der Waals surface area contributed by atoms with Crippen molar-refractivity contribution < 1.29 is 9.59 Å². The van der Waals surface area contributed by atoms with Crippen molar-refractivity contribution in [2.24, 2.45) is 5.11 Å². The molecule has 6 heteroatoms. The molecule has 0 radical (unpaired) electrons. The molecule has 0 aromatic heterocycles.